The average molecular weight is 596 g/mol. The molecular formula is C24H24Br2N2O6. The highest BCUT2D eigenvalue weighted by Crippen LogP contribution is 2.19. The Morgan fingerprint density at radius 2 is 1.47 bits per heavy atom. The van der Waals surface area contributed by atoms with Crippen molar-refractivity contribution in [1.82, 2.24) is 9.97 Å². The van der Waals surface area contributed by atoms with E-state index in [4.69, 9.17) is 4.42 Å². The summed E-state index contributed by atoms with van der Waals surface area (Å²) in [6.07, 6.45) is 3.78. The van der Waals surface area contributed by atoms with E-state index in [2.05, 4.69) is 46.6 Å². The Morgan fingerprint density at radius 3 is 1.85 bits per heavy atom. The molecule has 3 aromatic heterocycles. The van der Waals surface area contributed by atoms with E-state index in [0.717, 1.165) is 14.6 Å². The van der Waals surface area contributed by atoms with Gasteiger partial charge >= 0.3 is 11.9 Å². The predicted molar refractivity (Wildman–Crippen MR) is 134 cm³/mol. The number of ether oxygens (including phenoxy) is 1. The van der Waals surface area contributed by atoms with Crippen LogP contribution in [0.4, 0.5) is 0 Å². The van der Waals surface area contributed by atoms with Crippen LogP contribution >= 0.6 is 31.9 Å². The van der Waals surface area contributed by atoms with Crippen molar-refractivity contribution >= 4 is 49.6 Å². The van der Waals surface area contributed by atoms with Gasteiger partial charge in [0.25, 0.3) is 0 Å². The molecule has 0 saturated carbocycles. The minimum Gasteiger partial charge on any atom is -0.466 e. The van der Waals surface area contributed by atoms with Crippen LogP contribution in [0.3, 0.4) is 0 Å². The Morgan fingerprint density at radius 1 is 0.912 bits per heavy atom. The van der Waals surface area contributed by atoms with Crippen molar-refractivity contribution in [2.45, 2.75) is 41.0 Å². The summed E-state index contributed by atoms with van der Waals surface area (Å²) in [5.41, 5.74) is 1.92. The molecule has 0 saturated heterocycles. The van der Waals surface area contributed by atoms with Gasteiger partial charge in [-0.25, -0.2) is 0 Å². The Hall–Kier alpha value is -2.98. The second-order valence-electron chi connectivity index (χ2n) is 6.95. The molecule has 0 spiro atoms. The lowest BCUT2D eigenvalue weighted by Crippen LogP contribution is -2.07. The van der Waals surface area contributed by atoms with E-state index in [1.807, 2.05) is 18.2 Å². The highest BCUT2D eigenvalue weighted by Gasteiger charge is 2.10. The Bertz CT molecular complexity index is 1180. The first-order valence-electron chi connectivity index (χ1n) is 9.91. The molecule has 0 aromatic carbocycles. The molecule has 0 fully saturated rings. The topological polar surface area (TPSA) is 116 Å². The van der Waals surface area contributed by atoms with Crippen LogP contribution in [0, 0.1) is 13.8 Å². The molecule has 0 radical (unpaired) electrons. The van der Waals surface area contributed by atoms with Crippen LogP contribution < -0.4 is 5.43 Å². The molecule has 0 N–H and O–H groups in total. The fourth-order valence-corrected chi connectivity index (χ4v) is 3.02. The molecule has 0 aliphatic rings. The summed E-state index contributed by atoms with van der Waals surface area (Å²) in [4.78, 5) is 50.3. The normalized spacial score (nSPS) is 9.62. The fraction of sp³-hybridized carbons (Fsp3) is 0.250. The first-order valence-corrected chi connectivity index (χ1v) is 11.5. The first kappa shape index (κ1) is 29.1. The van der Waals surface area contributed by atoms with Crippen LogP contribution in [0.25, 0.3) is 11.3 Å². The predicted octanol–water partition coefficient (Wildman–Crippen LogP) is 5.15. The Labute approximate surface area is 214 Å². The number of Topliss-reactive ketones (excluding diaryl/α,β-unsaturated/α-hetero) is 1. The van der Waals surface area contributed by atoms with Crippen LogP contribution in [0.15, 0.2) is 60.9 Å². The first-order chi connectivity index (χ1) is 15.9. The SMILES string of the molecule is CC(=O)Cc1ccc(Br)cn1.CC(=O)OC(C)=O.Cc1cc(=O)c(-c2ccc(Br)cn2)c(C)o1. The number of nitrogens with zero attached hydrogens (tertiary/aromatic N) is 2. The lowest BCUT2D eigenvalue weighted by molar-refractivity contribution is -0.156. The Balaban J connectivity index is 0.000000280. The zero-order chi connectivity index (χ0) is 25.8. The van der Waals surface area contributed by atoms with Gasteiger partial charge in [-0.15, -0.1) is 0 Å². The molecular weight excluding hydrogens is 572 g/mol. The molecule has 3 heterocycles. The van der Waals surface area contributed by atoms with E-state index in [1.54, 1.807) is 39.2 Å². The van der Waals surface area contributed by atoms with Crippen molar-refractivity contribution in [1.29, 1.82) is 0 Å². The van der Waals surface area contributed by atoms with Gasteiger partial charge in [0.05, 0.1) is 11.3 Å². The largest absolute Gasteiger partial charge is 0.466 e. The van der Waals surface area contributed by atoms with E-state index < -0.39 is 11.9 Å². The maximum atomic E-state index is 11.8. The number of halogens is 2. The molecule has 0 aliphatic carbocycles. The van der Waals surface area contributed by atoms with Gasteiger partial charge in [-0.3, -0.25) is 29.1 Å². The lowest BCUT2D eigenvalue weighted by atomic mass is 10.1. The summed E-state index contributed by atoms with van der Waals surface area (Å²) in [5.74, 6) is 0.225. The number of carbonyl (C=O) groups excluding carboxylic acids is 3. The monoisotopic (exact) mass is 594 g/mol. The van der Waals surface area contributed by atoms with Crippen molar-refractivity contribution in [2.75, 3.05) is 0 Å². The molecule has 3 aromatic rings. The van der Waals surface area contributed by atoms with Crippen LogP contribution in [0.5, 0.6) is 0 Å². The van der Waals surface area contributed by atoms with Gasteiger partial charge in [0.2, 0.25) is 0 Å². The number of pyridine rings is 2. The molecule has 0 aliphatic heterocycles. The number of esters is 2. The molecule has 10 heteroatoms. The number of ketones is 1. The zero-order valence-electron chi connectivity index (χ0n) is 19.3. The molecule has 180 valence electrons. The van der Waals surface area contributed by atoms with Gasteiger partial charge in [-0.05, 0) is 76.9 Å². The van der Waals surface area contributed by atoms with Gasteiger partial charge in [-0.1, -0.05) is 0 Å². The number of rotatable bonds is 3. The molecule has 0 atom stereocenters. The standard InChI is InChI=1S/C12H10BrNO2.C8H8BrNO.C4H6O3/c1-7-5-11(15)12(8(2)16-7)10-4-3-9(13)6-14-10;1-6(11)4-8-3-2-7(9)5-10-8;1-3(5)7-4(2)6/h3-6H,1-2H3;2-3,5H,4H2,1H3;1-2H3. The maximum Gasteiger partial charge on any atom is 0.310 e. The summed E-state index contributed by atoms with van der Waals surface area (Å²) >= 11 is 6.57. The van der Waals surface area contributed by atoms with Gasteiger partial charge in [0.15, 0.2) is 5.43 Å². The molecule has 0 amide bonds. The zero-order valence-corrected chi connectivity index (χ0v) is 22.5. The lowest BCUT2D eigenvalue weighted by Gasteiger charge is -2.04. The van der Waals surface area contributed by atoms with Crippen LogP contribution in [0.1, 0.15) is 38.0 Å². The number of carbonyl (C=O) groups is 3. The molecule has 8 nitrogen and oxygen atoms in total. The summed E-state index contributed by atoms with van der Waals surface area (Å²) in [6, 6.07) is 8.84. The average Bonchev–Trinajstić information content (AvgIpc) is 2.70. The van der Waals surface area contributed by atoms with E-state index in [0.29, 0.717) is 29.2 Å². The van der Waals surface area contributed by atoms with E-state index in [1.165, 1.54) is 19.9 Å². The van der Waals surface area contributed by atoms with Crippen molar-refractivity contribution in [2.24, 2.45) is 0 Å². The number of aryl methyl sites for hydroxylation is 2. The minimum absolute atomic E-state index is 0.0592. The van der Waals surface area contributed by atoms with Gasteiger partial charge < -0.3 is 9.15 Å². The highest BCUT2D eigenvalue weighted by atomic mass is 79.9. The van der Waals surface area contributed by atoms with Crippen molar-refractivity contribution in [3.63, 3.8) is 0 Å². The van der Waals surface area contributed by atoms with Gasteiger partial charge in [0, 0.05) is 53.4 Å². The fourth-order valence-electron chi connectivity index (χ4n) is 2.55. The van der Waals surface area contributed by atoms with Crippen LogP contribution in [0.2, 0.25) is 0 Å². The second kappa shape index (κ2) is 14.3. The smallest absolute Gasteiger partial charge is 0.310 e. The quantitative estimate of drug-likeness (QED) is 0.301. The van der Waals surface area contributed by atoms with Crippen molar-refractivity contribution in [3.8, 4) is 11.3 Å². The summed E-state index contributed by atoms with van der Waals surface area (Å²) in [7, 11) is 0. The third-order valence-electron chi connectivity index (χ3n) is 3.74. The number of hydrogen-bond donors (Lipinski definition) is 0. The third-order valence-corrected chi connectivity index (χ3v) is 4.67. The molecule has 3 rings (SSSR count). The summed E-state index contributed by atoms with van der Waals surface area (Å²) in [6.45, 7) is 7.45. The Kier molecular flexibility index (Phi) is 12.2. The summed E-state index contributed by atoms with van der Waals surface area (Å²) in [5, 5.41) is 0. The summed E-state index contributed by atoms with van der Waals surface area (Å²) < 4.78 is 11.2. The van der Waals surface area contributed by atoms with Gasteiger partial charge in [-0.2, -0.15) is 0 Å². The van der Waals surface area contributed by atoms with E-state index >= 15 is 0 Å². The molecule has 34 heavy (non-hydrogen) atoms. The van der Waals surface area contributed by atoms with Crippen molar-refractivity contribution < 1.29 is 23.5 Å². The number of hydrogen-bond acceptors (Lipinski definition) is 8. The highest BCUT2D eigenvalue weighted by molar-refractivity contribution is 9.10. The van der Waals surface area contributed by atoms with E-state index in [9.17, 15) is 19.2 Å². The van der Waals surface area contributed by atoms with Crippen LogP contribution in [-0.4, -0.2) is 27.7 Å². The number of aromatic nitrogens is 2. The van der Waals surface area contributed by atoms with Gasteiger partial charge in [0.1, 0.15) is 17.3 Å². The minimum atomic E-state index is -0.562. The van der Waals surface area contributed by atoms with Crippen molar-refractivity contribution in [3.05, 3.63) is 79.1 Å². The van der Waals surface area contributed by atoms with E-state index in [-0.39, 0.29) is 11.2 Å². The molecule has 0 bridgehead atoms. The molecule has 0 unspecified atom stereocenters. The second-order valence-corrected chi connectivity index (χ2v) is 8.78. The van der Waals surface area contributed by atoms with Crippen LogP contribution in [-0.2, 0) is 25.5 Å². The maximum absolute atomic E-state index is 11.8. The third kappa shape index (κ3) is 11.2.